The first-order chi connectivity index (χ1) is 11.9. The number of fused-ring (bicyclic) bond motifs is 1. The Bertz CT molecular complexity index is 795. The molecule has 0 bridgehead atoms. The second-order valence-electron chi connectivity index (χ2n) is 6.60. The van der Waals surface area contributed by atoms with Crippen molar-refractivity contribution in [3.63, 3.8) is 0 Å². The molecule has 0 radical (unpaired) electrons. The lowest BCUT2D eigenvalue weighted by molar-refractivity contribution is 0.0694. The molecule has 1 heterocycles. The molecular weight excluding hydrogens is 339 g/mol. The van der Waals surface area contributed by atoms with Crippen LogP contribution in [0.2, 0.25) is 0 Å². The number of halogens is 1. The second-order valence-corrected chi connectivity index (χ2v) is 7.01. The molecule has 132 valence electrons. The highest BCUT2D eigenvalue weighted by molar-refractivity contribution is 7.80. The highest BCUT2D eigenvalue weighted by Crippen LogP contribution is 2.39. The molecule has 1 aliphatic heterocycles. The molecule has 0 aromatic heterocycles. The fourth-order valence-electron chi connectivity index (χ4n) is 3.02. The fourth-order valence-corrected chi connectivity index (χ4v) is 3.27. The van der Waals surface area contributed by atoms with Gasteiger partial charge in [-0.2, -0.15) is 0 Å². The molecule has 0 spiro atoms. The molecule has 6 heteroatoms. The summed E-state index contributed by atoms with van der Waals surface area (Å²) in [6.45, 7) is 4.01. The van der Waals surface area contributed by atoms with E-state index in [1.807, 2.05) is 38.1 Å². The van der Waals surface area contributed by atoms with Gasteiger partial charge in [-0.1, -0.05) is 12.1 Å². The predicted molar refractivity (Wildman–Crippen MR) is 101 cm³/mol. The maximum absolute atomic E-state index is 13.7. The molecule has 25 heavy (non-hydrogen) atoms. The van der Waals surface area contributed by atoms with Crippen LogP contribution in [0.1, 0.15) is 31.9 Å². The third-order valence-corrected chi connectivity index (χ3v) is 4.31. The summed E-state index contributed by atoms with van der Waals surface area (Å²) in [6, 6.07) is 11.9. The summed E-state index contributed by atoms with van der Waals surface area (Å²) in [7, 11) is 1.61. The highest BCUT2D eigenvalue weighted by atomic mass is 32.1. The van der Waals surface area contributed by atoms with Crippen LogP contribution in [0.4, 0.5) is 10.1 Å². The molecule has 4 nitrogen and oxygen atoms in total. The third-order valence-electron chi connectivity index (χ3n) is 4.09. The summed E-state index contributed by atoms with van der Waals surface area (Å²) < 4.78 is 25.0. The van der Waals surface area contributed by atoms with E-state index in [0.717, 1.165) is 11.3 Å². The number of para-hydroxylation sites is 2. The Hall–Kier alpha value is -2.34. The largest absolute Gasteiger partial charge is 0.495 e. The van der Waals surface area contributed by atoms with Crippen LogP contribution >= 0.6 is 12.2 Å². The van der Waals surface area contributed by atoms with Crippen LogP contribution in [0, 0.1) is 5.82 Å². The predicted octanol–water partition coefficient (Wildman–Crippen LogP) is 4.42. The number of ether oxygens (including phenoxy) is 2. The van der Waals surface area contributed by atoms with E-state index < -0.39 is 0 Å². The topological polar surface area (TPSA) is 42.5 Å². The lowest BCUT2D eigenvalue weighted by Crippen LogP contribution is -2.42. The summed E-state index contributed by atoms with van der Waals surface area (Å²) in [5.74, 6) is 1.08. The minimum atomic E-state index is -0.372. The van der Waals surface area contributed by atoms with E-state index in [0.29, 0.717) is 23.0 Å². The SMILES string of the molecule is COc1ccccc1NC(=S)NC1CC(C)(C)Oc2ccc(F)cc21. The Labute approximate surface area is 152 Å². The molecule has 0 aliphatic carbocycles. The molecule has 2 aromatic rings. The van der Waals surface area contributed by atoms with Crippen molar-refractivity contribution in [3.8, 4) is 11.5 Å². The first kappa shape index (κ1) is 17.5. The number of thiocarbonyl (C=S) groups is 1. The molecule has 0 fully saturated rings. The molecule has 0 amide bonds. The number of benzene rings is 2. The van der Waals surface area contributed by atoms with Gasteiger partial charge in [0.05, 0.1) is 18.8 Å². The summed E-state index contributed by atoms with van der Waals surface area (Å²) in [4.78, 5) is 0. The molecule has 2 N–H and O–H groups in total. The first-order valence-electron chi connectivity index (χ1n) is 8.07. The van der Waals surface area contributed by atoms with Crippen LogP contribution in [-0.4, -0.2) is 17.8 Å². The number of nitrogens with one attached hydrogen (secondary N) is 2. The maximum atomic E-state index is 13.7. The van der Waals surface area contributed by atoms with E-state index in [9.17, 15) is 4.39 Å². The number of methoxy groups -OCH3 is 1. The zero-order valence-electron chi connectivity index (χ0n) is 14.4. The Balaban J connectivity index is 1.80. The second kappa shape index (κ2) is 6.88. The van der Waals surface area contributed by atoms with Crippen LogP contribution in [0.5, 0.6) is 11.5 Å². The van der Waals surface area contributed by atoms with Gasteiger partial charge in [-0.25, -0.2) is 4.39 Å². The summed E-state index contributed by atoms with van der Waals surface area (Å²) >= 11 is 5.45. The highest BCUT2D eigenvalue weighted by Gasteiger charge is 2.34. The van der Waals surface area contributed by atoms with E-state index >= 15 is 0 Å². The Morgan fingerprint density at radius 2 is 2.04 bits per heavy atom. The average Bonchev–Trinajstić information content (AvgIpc) is 2.55. The molecule has 1 aliphatic rings. The van der Waals surface area contributed by atoms with Crippen molar-refractivity contribution < 1.29 is 13.9 Å². The monoisotopic (exact) mass is 360 g/mol. The quantitative estimate of drug-likeness (QED) is 0.793. The smallest absolute Gasteiger partial charge is 0.171 e. The van der Waals surface area contributed by atoms with Gasteiger partial charge in [-0.05, 0) is 56.4 Å². The summed E-state index contributed by atoms with van der Waals surface area (Å²) in [5, 5.41) is 6.86. The van der Waals surface area contributed by atoms with Crippen LogP contribution in [0.15, 0.2) is 42.5 Å². The van der Waals surface area contributed by atoms with Crippen LogP contribution in [0.3, 0.4) is 0 Å². The number of anilines is 1. The molecular formula is C19H21FN2O2S. The number of hydrogen-bond acceptors (Lipinski definition) is 3. The van der Waals surface area contributed by atoms with Crippen LogP contribution in [0.25, 0.3) is 0 Å². The summed E-state index contributed by atoms with van der Waals surface area (Å²) in [5.41, 5.74) is 1.17. The van der Waals surface area contributed by atoms with Gasteiger partial charge in [-0.3, -0.25) is 0 Å². The van der Waals surface area contributed by atoms with Gasteiger partial charge in [0.2, 0.25) is 0 Å². The zero-order chi connectivity index (χ0) is 18.0. The fraction of sp³-hybridized carbons (Fsp3) is 0.316. The zero-order valence-corrected chi connectivity index (χ0v) is 15.2. The molecule has 0 saturated heterocycles. The van der Waals surface area contributed by atoms with Crippen molar-refractivity contribution in [2.75, 3.05) is 12.4 Å². The van der Waals surface area contributed by atoms with E-state index in [1.165, 1.54) is 12.1 Å². The van der Waals surface area contributed by atoms with Gasteiger partial charge in [0.15, 0.2) is 5.11 Å². The van der Waals surface area contributed by atoms with E-state index in [2.05, 4.69) is 10.6 Å². The van der Waals surface area contributed by atoms with E-state index in [1.54, 1.807) is 13.2 Å². The van der Waals surface area contributed by atoms with Crippen molar-refractivity contribution in [1.82, 2.24) is 5.32 Å². The molecule has 1 atom stereocenters. The first-order valence-corrected chi connectivity index (χ1v) is 8.48. The van der Waals surface area contributed by atoms with Gasteiger partial charge in [-0.15, -0.1) is 0 Å². The van der Waals surface area contributed by atoms with Gasteiger partial charge >= 0.3 is 0 Å². The minimum absolute atomic E-state index is 0.149. The lowest BCUT2D eigenvalue weighted by Gasteiger charge is -2.38. The lowest BCUT2D eigenvalue weighted by atomic mass is 9.90. The molecule has 3 rings (SSSR count). The molecule has 1 unspecified atom stereocenters. The van der Waals surface area contributed by atoms with Crippen molar-refractivity contribution in [3.05, 3.63) is 53.8 Å². The van der Waals surface area contributed by atoms with Crippen molar-refractivity contribution >= 4 is 23.0 Å². The molecule has 0 saturated carbocycles. The number of rotatable bonds is 3. The van der Waals surface area contributed by atoms with Crippen molar-refractivity contribution in [2.24, 2.45) is 0 Å². The van der Waals surface area contributed by atoms with Crippen molar-refractivity contribution in [2.45, 2.75) is 31.9 Å². The Morgan fingerprint density at radius 3 is 2.80 bits per heavy atom. The Kier molecular flexibility index (Phi) is 4.81. The number of hydrogen-bond donors (Lipinski definition) is 2. The molecule has 2 aromatic carbocycles. The standard InChI is InChI=1S/C19H21FN2O2S/c1-19(2)11-15(13-10-12(20)8-9-16(13)24-19)22-18(25)21-14-6-4-5-7-17(14)23-3/h4-10,15H,11H2,1-3H3,(H2,21,22,25). The van der Waals surface area contributed by atoms with Crippen molar-refractivity contribution in [1.29, 1.82) is 0 Å². The van der Waals surface area contributed by atoms with Crippen LogP contribution in [-0.2, 0) is 0 Å². The van der Waals surface area contributed by atoms with Gasteiger partial charge < -0.3 is 20.1 Å². The van der Waals surface area contributed by atoms with Gasteiger partial charge in [0, 0.05) is 12.0 Å². The van der Waals surface area contributed by atoms with E-state index in [-0.39, 0.29) is 17.5 Å². The normalized spacial score (nSPS) is 17.8. The average molecular weight is 360 g/mol. The van der Waals surface area contributed by atoms with E-state index in [4.69, 9.17) is 21.7 Å². The van der Waals surface area contributed by atoms with Gasteiger partial charge in [0.1, 0.15) is 22.9 Å². The minimum Gasteiger partial charge on any atom is -0.495 e. The third kappa shape index (κ3) is 4.02. The van der Waals surface area contributed by atoms with Gasteiger partial charge in [0.25, 0.3) is 0 Å². The maximum Gasteiger partial charge on any atom is 0.171 e. The summed E-state index contributed by atoms with van der Waals surface area (Å²) in [6.07, 6.45) is 0.664. The Morgan fingerprint density at radius 1 is 1.28 bits per heavy atom. The van der Waals surface area contributed by atoms with Crippen LogP contribution < -0.4 is 20.1 Å².